The second-order valence-corrected chi connectivity index (χ2v) is 12.3. The number of hydrogen-bond donors (Lipinski definition) is 0. The van der Waals surface area contributed by atoms with Gasteiger partial charge < -0.3 is 18.6 Å². The van der Waals surface area contributed by atoms with Gasteiger partial charge in [0.2, 0.25) is 8.32 Å². The molecule has 2 saturated heterocycles. The summed E-state index contributed by atoms with van der Waals surface area (Å²) >= 11 is 0. The van der Waals surface area contributed by atoms with Crippen molar-refractivity contribution in [2.45, 2.75) is 102 Å². The highest BCUT2D eigenvalue weighted by Crippen LogP contribution is 2.39. The summed E-state index contributed by atoms with van der Waals surface area (Å²) < 4.78 is 24.4. The third-order valence-electron chi connectivity index (χ3n) is 6.29. The maximum atomic E-state index is 6.62. The van der Waals surface area contributed by atoms with Crippen LogP contribution in [0.4, 0.5) is 0 Å². The quantitative estimate of drug-likeness (QED) is 0.239. The molecule has 0 amide bonds. The van der Waals surface area contributed by atoms with Gasteiger partial charge in [-0.2, -0.15) is 0 Å². The van der Waals surface area contributed by atoms with Crippen LogP contribution in [0.2, 0.25) is 12.1 Å². The van der Waals surface area contributed by atoms with Gasteiger partial charge in [0.25, 0.3) is 0 Å². The Morgan fingerprint density at radius 3 is 2.19 bits per heavy atom. The lowest BCUT2D eigenvalue weighted by Gasteiger charge is -2.46. The van der Waals surface area contributed by atoms with E-state index >= 15 is 0 Å². The summed E-state index contributed by atoms with van der Waals surface area (Å²) in [6.45, 7) is 11.2. The molecular formula is C22H44O4Si. The first-order valence-electron chi connectivity index (χ1n) is 11.7. The van der Waals surface area contributed by atoms with Gasteiger partial charge >= 0.3 is 0 Å². The molecular weight excluding hydrogens is 356 g/mol. The van der Waals surface area contributed by atoms with E-state index in [2.05, 4.69) is 20.8 Å². The highest BCUT2D eigenvalue weighted by Gasteiger charge is 2.49. The zero-order valence-corrected chi connectivity index (χ0v) is 19.2. The Hall–Kier alpha value is 0.0569. The Balaban J connectivity index is 1.93. The van der Waals surface area contributed by atoms with E-state index in [1.165, 1.54) is 63.5 Å². The van der Waals surface area contributed by atoms with Crippen LogP contribution in [-0.4, -0.2) is 53.2 Å². The van der Waals surface area contributed by atoms with Crippen LogP contribution in [0.15, 0.2) is 0 Å². The second-order valence-electron chi connectivity index (χ2n) is 8.37. The first kappa shape index (κ1) is 23.3. The van der Waals surface area contributed by atoms with Gasteiger partial charge in [-0.05, 0) is 57.0 Å². The molecule has 4 atom stereocenters. The van der Waals surface area contributed by atoms with Gasteiger partial charge in [0.05, 0.1) is 11.8 Å². The predicted molar refractivity (Wildman–Crippen MR) is 114 cm³/mol. The Morgan fingerprint density at radius 2 is 1.63 bits per heavy atom. The molecule has 2 heterocycles. The molecule has 0 spiro atoms. The van der Waals surface area contributed by atoms with Gasteiger partial charge in [-0.3, -0.25) is 0 Å². The summed E-state index contributed by atoms with van der Waals surface area (Å²) in [5.74, 6) is 0.623. The summed E-state index contributed by atoms with van der Waals surface area (Å²) in [5, 5.41) is 0. The topological polar surface area (TPSA) is 36.9 Å². The van der Waals surface area contributed by atoms with E-state index in [9.17, 15) is 0 Å². The fraction of sp³-hybridized carbons (Fsp3) is 1.00. The molecule has 0 aromatic heterocycles. The molecule has 2 rings (SSSR count). The number of hydrogen-bond acceptors (Lipinski definition) is 4. The largest absolute Gasteiger partial charge is 0.414 e. The molecule has 2 fully saturated rings. The second kappa shape index (κ2) is 13.3. The Labute approximate surface area is 168 Å². The fourth-order valence-corrected chi connectivity index (χ4v) is 9.60. The van der Waals surface area contributed by atoms with Crippen molar-refractivity contribution in [3.8, 4) is 0 Å². The predicted octanol–water partition coefficient (Wildman–Crippen LogP) is 5.49. The zero-order chi connectivity index (χ0) is 19.4. The third-order valence-corrected chi connectivity index (χ3v) is 11.2. The fourth-order valence-electron chi connectivity index (χ4n) is 4.52. The molecule has 4 unspecified atom stereocenters. The molecule has 0 saturated carbocycles. The van der Waals surface area contributed by atoms with Crippen molar-refractivity contribution in [2.75, 3.05) is 33.0 Å². The minimum atomic E-state index is -1.88. The average molecular weight is 401 g/mol. The lowest BCUT2D eigenvalue weighted by molar-refractivity contribution is -0.0858. The molecule has 0 aliphatic carbocycles. The summed E-state index contributed by atoms with van der Waals surface area (Å²) in [7, 11) is -1.88. The highest BCUT2D eigenvalue weighted by molar-refractivity contribution is 6.75. The van der Waals surface area contributed by atoms with E-state index in [4.69, 9.17) is 18.6 Å². The lowest BCUT2D eigenvalue weighted by Crippen LogP contribution is -2.58. The van der Waals surface area contributed by atoms with Gasteiger partial charge in [0.1, 0.15) is 0 Å². The summed E-state index contributed by atoms with van der Waals surface area (Å²) in [6.07, 6.45) is 11.5. The van der Waals surface area contributed by atoms with E-state index in [0.29, 0.717) is 17.7 Å². The minimum Gasteiger partial charge on any atom is -0.414 e. The summed E-state index contributed by atoms with van der Waals surface area (Å²) in [4.78, 5) is 0. The molecule has 0 aromatic rings. The molecule has 160 valence electrons. The van der Waals surface area contributed by atoms with Crippen LogP contribution in [-0.2, 0) is 18.6 Å². The van der Waals surface area contributed by atoms with Gasteiger partial charge in [-0.25, -0.2) is 0 Å². The van der Waals surface area contributed by atoms with E-state index in [0.717, 1.165) is 39.5 Å². The van der Waals surface area contributed by atoms with E-state index in [1.54, 1.807) is 0 Å². The van der Waals surface area contributed by atoms with Crippen LogP contribution in [0, 0.1) is 5.92 Å². The van der Waals surface area contributed by atoms with E-state index < -0.39 is 8.32 Å². The van der Waals surface area contributed by atoms with Gasteiger partial charge in [-0.1, -0.05) is 39.5 Å². The van der Waals surface area contributed by atoms with Gasteiger partial charge in [0.15, 0.2) is 0 Å². The standard InChI is InChI=1S/C22H44O4Si/c1-4-7-9-18-27(26-6-3,22-13-17-25-22)19-20(21-12-16-24-21)11-10-15-23-14-8-5-2/h20-22H,4-19H2,1-3H3. The van der Waals surface area contributed by atoms with Crippen molar-refractivity contribution in [3.63, 3.8) is 0 Å². The third kappa shape index (κ3) is 7.43. The van der Waals surface area contributed by atoms with Crippen LogP contribution in [0.5, 0.6) is 0 Å². The van der Waals surface area contributed by atoms with Crippen LogP contribution >= 0.6 is 0 Å². The number of unbranched alkanes of at least 4 members (excludes halogenated alkanes) is 3. The molecule has 0 radical (unpaired) electrons. The molecule has 27 heavy (non-hydrogen) atoms. The molecule has 0 aromatic carbocycles. The SMILES string of the molecule is CCCCC[Si](CC(CCCOCCCC)C1CCO1)(OCC)C1CCO1. The molecule has 0 bridgehead atoms. The summed E-state index contributed by atoms with van der Waals surface area (Å²) in [5.41, 5.74) is 0.415. The monoisotopic (exact) mass is 400 g/mol. The highest BCUT2D eigenvalue weighted by atomic mass is 28.4. The van der Waals surface area contributed by atoms with Crippen LogP contribution in [0.25, 0.3) is 0 Å². The number of rotatable bonds is 17. The number of ether oxygens (including phenoxy) is 3. The zero-order valence-electron chi connectivity index (χ0n) is 18.2. The maximum absolute atomic E-state index is 6.62. The Kier molecular flexibility index (Phi) is 11.5. The molecule has 5 heteroatoms. The normalized spacial score (nSPS) is 25.4. The van der Waals surface area contributed by atoms with Crippen LogP contribution in [0.1, 0.15) is 78.6 Å². The van der Waals surface area contributed by atoms with Gasteiger partial charge in [0, 0.05) is 33.0 Å². The van der Waals surface area contributed by atoms with Gasteiger partial charge in [-0.15, -0.1) is 0 Å². The van der Waals surface area contributed by atoms with Crippen molar-refractivity contribution in [1.82, 2.24) is 0 Å². The van der Waals surface area contributed by atoms with Crippen LogP contribution in [0.3, 0.4) is 0 Å². The van der Waals surface area contributed by atoms with Crippen molar-refractivity contribution in [2.24, 2.45) is 5.92 Å². The van der Waals surface area contributed by atoms with Crippen molar-refractivity contribution >= 4 is 8.32 Å². The van der Waals surface area contributed by atoms with Crippen molar-refractivity contribution in [3.05, 3.63) is 0 Å². The first-order valence-corrected chi connectivity index (χ1v) is 14.1. The summed E-state index contributed by atoms with van der Waals surface area (Å²) in [6, 6.07) is 2.48. The van der Waals surface area contributed by atoms with E-state index in [-0.39, 0.29) is 0 Å². The molecule has 4 nitrogen and oxygen atoms in total. The molecule has 2 aliphatic heterocycles. The molecule has 2 aliphatic rings. The first-order chi connectivity index (χ1) is 13.3. The maximum Gasteiger partial charge on any atom is 0.221 e. The van der Waals surface area contributed by atoms with Crippen LogP contribution < -0.4 is 0 Å². The minimum absolute atomic E-state index is 0.415. The van der Waals surface area contributed by atoms with Crippen molar-refractivity contribution < 1.29 is 18.6 Å². The Bertz CT molecular complexity index is 373. The Morgan fingerprint density at radius 1 is 0.926 bits per heavy atom. The van der Waals surface area contributed by atoms with Crippen molar-refractivity contribution in [1.29, 1.82) is 0 Å². The lowest BCUT2D eigenvalue weighted by atomic mass is 9.94. The average Bonchev–Trinajstić information content (AvgIpc) is 2.55. The smallest absolute Gasteiger partial charge is 0.221 e. The molecule has 0 N–H and O–H groups in total. The van der Waals surface area contributed by atoms with E-state index in [1.807, 2.05) is 0 Å².